The van der Waals surface area contributed by atoms with Crippen LogP contribution in [0.5, 0.6) is 5.75 Å². The van der Waals surface area contributed by atoms with Gasteiger partial charge in [-0.05, 0) is 55.0 Å². The number of halogens is 1. The normalized spacial score (nSPS) is 14.9. The largest absolute Gasteiger partial charge is 0.379 e. The minimum atomic E-state index is -4.03. The van der Waals surface area contributed by atoms with E-state index in [2.05, 4.69) is 4.90 Å². The molecule has 144 valence electrons. The number of carbonyl (C=O) groups excluding carboxylic acids is 1. The summed E-state index contributed by atoms with van der Waals surface area (Å²) in [4.78, 5) is 15.2. The quantitative estimate of drug-likeness (QED) is 0.748. The van der Waals surface area contributed by atoms with Crippen LogP contribution in [0.4, 0.5) is 10.1 Å². The summed E-state index contributed by atoms with van der Waals surface area (Å²) in [7, 11) is -4.03. The lowest BCUT2D eigenvalue weighted by Gasteiger charge is -2.35. The van der Waals surface area contributed by atoms with Gasteiger partial charge in [0.15, 0.2) is 0 Å². The van der Waals surface area contributed by atoms with E-state index in [1.54, 1.807) is 36.1 Å². The van der Waals surface area contributed by atoms with E-state index in [4.69, 9.17) is 4.18 Å². The molecule has 1 heterocycles. The monoisotopic (exact) mass is 392 g/mol. The van der Waals surface area contributed by atoms with Gasteiger partial charge in [0.05, 0.1) is 0 Å². The summed E-state index contributed by atoms with van der Waals surface area (Å²) in [6, 6.07) is 10.3. The second-order valence-corrected chi connectivity index (χ2v) is 7.98. The molecule has 3 rings (SSSR count). The Kier molecular flexibility index (Phi) is 5.36. The highest BCUT2D eigenvalue weighted by Gasteiger charge is 2.20. The van der Waals surface area contributed by atoms with Crippen molar-refractivity contribution in [2.24, 2.45) is 0 Å². The van der Waals surface area contributed by atoms with Crippen LogP contribution in [0.3, 0.4) is 0 Å². The number of amides is 1. The van der Waals surface area contributed by atoms with E-state index in [0.717, 1.165) is 11.8 Å². The van der Waals surface area contributed by atoms with Crippen molar-refractivity contribution in [1.82, 2.24) is 4.90 Å². The molecule has 2 aromatic rings. The van der Waals surface area contributed by atoms with Crippen molar-refractivity contribution in [2.75, 3.05) is 31.1 Å². The molecule has 27 heavy (non-hydrogen) atoms. The molecular formula is C19H21FN2O4S. The molecule has 1 aliphatic heterocycles. The standard InChI is InChI=1S/C19H21FN2O4S/c1-14-13-18(7-8-19(14)20)27(24,25)26-17-5-3-16(4-6-17)22-11-9-21(10-12-22)15(2)23/h3-8,13H,9-12H2,1-2H3. The minimum absolute atomic E-state index is 0.0691. The maximum absolute atomic E-state index is 13.3. The van der Waals surface area contributed by atoms with Crippen molar-refractivity contribution in [3.63, 3.8) is 0 Å². The van der Waals surface area contributed by atoms with Crippen LogP contribution >= 0.6 is 0 Å². The fourth-order valence-electron chi connectivity index (χ4n) is 2.94. The lowest BCUT2D eigenvalue weighted by Crippen LogP contribution is -2.48. The lowest BCUT2D eigenvalue weighted by molar-refractivity contribution is -0.129. The van der Waals surface area contributed by atoms with Crippen LogP contribution in [0.2, 0.25) is 0 Å². The summed E-state index contributed by atoms with van der Waals surface area (Å²) < 4.78 is 43.2. The van der Waals surface area contributed by atoms with Crippen LogP contribution in [0.1, 0.15) is 12.5 Å². The van der Waals surface area contributed by atoms with E-state index in [1.165, 1.54) is 19.1 Å². The summed E-state index contributed by atoms with van der Waals surface area (Å²) in [6.07, 6.45) is 0. The highest BCUT2D eigenvalue weighted by molar-refractivity contribution is 7.87. The van der Waals surface area contributed by atoms with E-state index in [1.807, 2.05) is 0 Å². The maximum Gasteiger partial charge on any atom is 0.339 e. The first-order valence-electron chi connectivity index (χ1n) is 8.57. The SMILES string of the molecule is CC(=O)N1CCN(c2ccc(OS(=O)(=O)c3ccc(F)c(C)c3)cc2)CC1. The van der Waals surface area contributed by atoms with E-state index >= 15 is 0 Å². The van der Waals surface area contributed by atoms with Crippen LogP contribution in [0.25, 0.3) is 0 Å². The third-order valence-corrected chi connectivity index (χ3v) is 5.79. The molecule has 0 N–H and O–H groups in total. The molecule has 0 aliphatic carbocycles. The average Bonchev–Trinajstić information content (AvgIpc) is 2.64. The van der Waals surface area contributed by atoms with Crippen LogP contribution in [0, 0.1) is 12.7 Å². The fraction of sp³-hybridized carbons (Fsp3) is 0.316. The molecule has 1 fully saturated rings. The zero-order chi connectivity index (χ0) is 19.6. The predicted octanol–water partition coefficient (Wildman–Crippen LogP) is 2.57. The molecule has 0 spiro atoms. The number of rotatable bonds is 4. The topological polar surface area (TPSA) is 66.9 Å². The maximum atomic E-state index is 13.3. The van der Waals surface area contributed by atoms with Crippen LogP contribution < -0.4 is 9.08 Å². The molecule has 1 saturated heterocycles. The smallest absolute Gasteiger partial charge is 0.339 e. The highest BCUT2D eigenvalue weighted by Crippen LogP contribution is 2.24. The molecule has 0 unspecified atom stereocenters. The Bertz CT molecular complexity index is 937. The van der Waals surface area contributed by atoms with Crippen molar-refractivity contribution in [3.05, 3.63) is 53.8 Å². The zero-order valence-electron chi connectivity index (χ0n) is 15.2. The average molecular weight is 392 g/mol. The molecule has 0 aromatic heterocycles. The number of anilines is 1. The van der Waals surface area contributed by atoms with Gasteiger partial charge in [-0.15, -0.1) is 0 Å². The Morgan fingerprint density at radius 3 is 2.22 bits per heavy atom. The van der Waals surface area contributed by atoms with Gasteiger partial charge in [0.2, 0.25) is 5.91 Å². The Balaban J connectivity index is 1.68. The Hall–Kier alpha value is -2.61. The van der Waals surface area contributed by atoms with Crippen molar-refractivity contribution in [1.29, 1.82) is 0 Å². The molecule has 8 heteroatoms. The number of benzene rings is 2. The minimum Gasteiger partial charge on any atom is -0.379 e. The van der Waals surface area contributed by atoms with E-state index in [-0.39, 0.29) is 22.1 Å². The second kappa shape index (κ2) is 7.56. The number of carbonyl (C=O) groups is 1. The van der Waals surface area contributed by atoms with Gasteiger partial charge in [0, 0.05) is 38.8 Å². The number of piperazine rings is 1. The number of hydrogen-bond acceptors (Lipinski definition) is 5. The molecule has 2 aromatic carbocycles. The second-order valence-electron chi connectivity index (χ2n) is 6.44. The van der Waals surface area contributed by atoms with Gasteiger partial charge in [0.1, 0.15) is 16.5 Å². The van der Waals surface area contributed by atoms with Gasteiger partial charge in [-0.1, -0.05) is 0 Å². The summed E-state index contributed by atoms with van der Waals surface area (Å²) >= 11 is 0. The highest BCUT2D eigenvalue weighted by atomic mass is 32.2. The van der Waals surface area contributed by atoms with Crippen molar-refractivity contribution >= 4 is 21.7 Å². The fourth-order valence-corrected chi connectivity index (χ4v) is 3.96. The van der Waals surface area contributed by atoms with Crippen LogP contribution in [-0.4, -0.2) is 45.4 Å². The summed E-state index contributed by atoms with van der Waals surface area (Å²) in [5.41, 5.74) is 1.17. The lowest BCUT2D eigenvalue weighted by atomic mass is 10.2. The first-order chi connectivity index (χ1) is 12.8. The van der Waals surface area contributed by atoms with Gasteiger partial charge in [-0.25, -0.2) is 4.39 Å². The number of aryl methyl sites for hydroxylation is 1. The first kappa shape index (κ1) is 19.2. The summed E-state index contributed by atoms with van der Waals surface area (Å²) in [5.74, 6) is -0.217. The molecule has 6 nitrogen and oxygen atoms in total. The zero-order valence-corrected chi connectivity index (χ0v) is 16.0. The molecule has 1 amide bonds. The summed E-state index contributed by atoms with van der Waals surface area (Å²) in [5, 5.41) is 0. The molecular weight excluding hydrogens is 371 g/mol. The third kappa shape index (κ3) is 4.39. The van der Waals surface area contributed by atoms with Gasteiger partial charge >= 0.3 is 10.1 Å². The number of nitrogens with zero attached hydrogens (tertiary/aromatic N) is 2. The van der Waals surface area contributed by atoms with Gasteiger partial charge in [-0.2, -0.15) is 8.42 Å². The Labute approximate surface area is 158 Å². The number of hydrogen-bond donors (Lipinski definition) is 0. The van der Waals surface area contributed by atoms with Crippen LogP contribution in [-0.2, 0) is 14.9 Å². The van der Waals surface area contributed by atoms with Crippen molar-refractivity contribution < 1.29 is 21.8 Å². The van der Waals surface area contributed by atoms with E-state index in [0.29, 0.717) is 26.2 Å². The summed E-state index contributed by atoms with van der Waals surface area (Å²) in [6.45, 7) is 5.80. The Morgan fingerprint density at radius 1 is 1.04 bits per heavy atom. The first-order valence-corrected chi connectivity index (χ1v) is 9.98. The van der Waals surface area contributed by atoms with Crippen molar-refractivity contribution in [2.45, 2.75) is 18.7 Å². The molecule has 0 atom stereocenters. The van der Waals surface area contributed by atoms with E-state index in [9.17, 15) is 17.6 Å². The van der Waals surface area contributed by atoms with E-state index < -0.39 is 15.9 Å². The predicted molar refractivity (Wildman–Crippen MR) is 99.9 cm³/mol. The van der Waals surface area contributed by atoms with Gasteiger partial charge in [-0.3, -0.25) is 4.79 Å². The van der Waals surface area contributed by atoms with Gasteiger partial charge in [0.25, 0.3) is 0 Å². The molecule has 0 bridgehead atoms. The third-order valence-electron chi connectivity index (χ3n) is 4.55. The van der Waals surface area contributed by atoms with Crippen LogP contribution in [0.15, 0.2) is 47.4 Å². The Morgan fingerprint density at radius 2 is 1.67 bits per heavy atom. The molecule has 0 saturated carbocycles. The molecule has 0 radical (unpaired) electrons. The van der Waals surface area contributed by atoms with Gasteiger partial charge < -0.3 is 14.0 Å². The molecule has 1 aliphatic rings. The van der Waals surface area contributed by atoms with Crippen molar-refractivity contribution in [3.8, 4) is 5.75 Å².